The van der Waals surface area contributed by atoms with Crippen molar-refractivity contribution in [3.63, 3.8) is 0 Å². The third kappa shape index (κ3) is 10.2. The van der Waals surface area contributed by atoms with Gasteiger partial charge in [-0.2, -0.15) is 0 Å². The molecule has 4 aliphatic rings. The van der Waals surface area contributed by atoms with Crippen LogP contribution in [-0.2, 0) is 4.74 Å². The van der Waals surface area contributed by atoms with Crippen molar-refractivity contribution in [3.8, 4) is 11.5 Å². The number of carbonyl (C=O) groups is 2. The van der Waals surface area contributed by atoms with Crippen molar-refractivity contribution in [2.75, 3.05) is 6.61 Å². The molecule has 7 heteroatoms. The second-order valence-electron chi connectivity index (χ2n) is 19.6. The number of benzene rings is 2. The van der Waals surface area contributed by atoms with Crippen molar-refractivity contribution >= 4 is 11.9 Å². The molecular formula is C51H72F2O5. The summed E-state index contributed by atoms with van der Waals surface area (Å²) in [4.78, 5) is 26.1. The minimum Gasteiger partial charge on any atom is -0.491 e. The molecule has 0 spiro atoms. The molecule has 0 amide bonds. The Bertz CT molecular complexity index is 1730. The molecule has 2 aromatic carbocycles. The van der Waals surface area contributed by atoms with E-state index in [1.807, 2.05) is 0 Å². The van der Waals surface area contributed by atoms with Crippen molar-refractivity contribution in [2.45, 2.75) is 170 Å². The van der Waals surface area contributed by atoms with E-state index in [2.05, 4.69) is 47.6 Å². The zero-order valence-electron chi connectivity index (χ0n) is 36.5. The number of hydrogen-bond acceptors (Lipinski definition) is 5. The van der Waals surface area contributed by atoms with E-state index in [9.17, 15) is 14.0 Å². The van der Waals surface area contributed by atoms with Crippen LogP contribution in [0.5, 0.6) is 11.5 Å². The Morgan fingerprint density at radius 2 is 1.55 bits per heavy atom. The Balaban J connectivity index is 0.981. The number of ether oxygens (including phenoxy) is 3. The molecule has 3 fully saturated rings. The number of rotatable bonds is 19. The third-order valence-corrected chi connectivity index (χ3v) is 15.3. The van der Waals surface area contributed by atoms with E-state index in [4.69, 9.17) is 14.2 Å². The topological polar surface area (TPSA) is 61.8 Å². The SMILES string of the molecule is CCCCCCCCCCOc1ccc(C(=O)Oc2ccc(C(=O)O[C@H]3CC[C@@]4(C)C(=CC[C@H]5[C@@H]6CC[C@H]([C@H](C)CCCC(C)C)[C@@]6(C)CC[C@@H]54)C3)c(F)c2)cc1F. The van der Waals surface area contributed by atoms with Gasteiger partial charge in [-0.3, -0.25) is 0 Å². The second kappa shape index (κ2) is 19.9. The molecule has 58 heavy (non-hydrogen) atoms. The van der Waals surface area contributed by atoms with Gasteiger partial charge in [-0.25, -0.2) is 18.4 Å². The molecule has 4 aliphatic carbocycles. The monoisotopic (exact) mass is 803 g/mol. The van der Waals surface area contributed by atoms with Gasteiger partial charge < -0.3 is 14.2 Å². The molecule has 0 radical (unpaired) electrons. The molecule has 0 N–H and O–H groups in total. The highest BCUT2D eigenvalue weighted by Gasteiger charge is 2.59. The maximum Gasteiger partial charge on any atom is 0.343 e. The normalized spacial score (nSPS) is 28.2. The molecule has 0 aliphatic heterocycles. The summed E-state index contributed by atoms with van der Waals surface area (Å²) in [5, 5.41) is 0. The minimum atomic E-state index is -0.835. The van der Waals surface area contributed by atoms with Gasteiger partial charge in [-0.15, -0.1) is 0 Å². The lowest BCUT2D eigenvalue weighted by molar-refractivity contribution is -0.0595. The lowest BCUT2D eigenvalue weighted by Crippen LogP contribution is -2.51. The molecule has 0 bridgehead atoms. The van der Waals surface area contributed by atoms with Gasteiger partial charge in [-0.05, 0) is 128 Å². The Kier molecular flexibility index (Phi) is 15.2. The summed E-state index contributed by atoms with van der Waals surface area (Å²) in [5.74, 6) is 1.54. The van der Waals surface area contributed by atoms with Crippen molar-refractivity contribution in [3.05, 3.63) is 70.8 Å². The highest BCUT2D eigenvalue weighted by atomic mass is 19.1. The fourth-order valence-corrected chi connectivity index (χ4v) is 12.0. The van der Waals surface area contributed by atoms with Crippen LogP contribution in [0.25, 0.3) is 0 Å². The zero-order valence-corrected chi connectivity index (χ0v) is 36.5. The van der Waals surface area contributed by atoms with Crippen molar-refractivity contribution in [1.29, 1.82) is 0 Å². The summed E-state index contributed by atoms with van der Waals surface area (Å²) in [6.07, 6.45) is 24.4. The second-order valence-corrected chi connectivity index (χ2v) is 19.6. The van der Waals surface area contributed by atoms with Gasteiger partial charge in [0.15, 0.2) is 11.6 Å². The van der Waals surface area contributed by atoms with E-state index in [-0.39, 0.29) is 34.1 Å². The van der Waals surface area contributed by atoms with Crippen molar-refractivity contribution < 1.29 is 32.6 Å². The van der Waals surface area contributed by atoms with Crippen LogP contribution in [0.15, 0.2) is 48.0 Å². The molecule has 0 aromatic heterocycles. The van der Waals surface area contributed by atoms with Crippen LogP contribution in [-0.4, -0.2) is 24.6 Å². The highest BCUT2D eigenvalue weighted by molar-refractivity contribution is 5.92. The predicted octanol–water partition coefficient (Wildman–Crippen LogP) is 14.3. The van der Waals surface area contributed by atoms with Crippen LogP contribution < -0.4 is 9.47 Å². The molecular weight excluding hydrogens is 731 g/mol. The number of unbranched alkanes of at least 4 members (excludes halogenated alkanes) is 7. The molecule has 0 heterocycles. The molecule has 8 atom stereocenters. The fourth-order valence-electron chi connectivity index (χ4n) is 12.0. The Hall–Kier alpha value is -3.22. The van der Waals surface area contributed by atoms with Crippen LogP contribution >= 0.6 is 0 Å². The van der Waals surface area contributed by atoms with Gasteiger partial charge in [0, 0.05) is 12.5 Å². The maximum absolute atomic E-state index is 15.3. The van der Waals surface area contributed by atoms with E-state index >= 15 is 4.39 Å². The first-order chi connectivity index (χ1) is 27.8. The molecule has 3 saturated carbocycles. The number of carbonyl (C=O) groups excluding carboxylic acids is 2. The van der Waals surface area contributed by atoms with Crippen LogP contribution in [0.1, 0.15) is 184 Å². The predicted molar refractivity (Wildman–Crippen MR) is 228 cm³/mol. The highest BCUT2D eigenvalue weighted by Crippen LogP contribution is 2.67. The van der Waals surface area contributed by atoms with Crippen molar-refractivity contribution in [2.24, 2.45) is 46.3 Å². The van der Waals surface area contributed by atoms with Crippen LogP contribution in [0.4, 0.5) is 8.78 Å². The average molecular weight is 803 g/mol. The van der Waals surface area contributed by atoms with E-state index < -0.39 is 23.6 Å². The number of hydrogen-bond donors (Lipinski definition) is 0. The van der Waals surface area contributed by atoms with E-state index in [0.29, 0.717) is 24.4 Å². The Morgan fingerprint density at radius 1 is 0.793 bits per heavy atom. The molecule has 6 rings (SSSR count). The minimum absolute atomic E-state index is 0.0229. The first-order valence-corrected chi connectivity index (χ1v) is 23.2. The van der Waals surface area contributed by atoms with Gasteiger partial charge in [0.2, 0.25) is 0 Å². The standard InChI is InChI=1S/C51H72F2O5/c1-7-8-9-10-11-12-13-14-30-56-47-25-18-36(31-46(47)53)48(54)57-38-20-22-41(45(52)33-38)49(55)58-39-26-28-50(5)37(32-39)19-21-40-43-24-23-42(35(4)17-15-16-34(2)3)51(43,6)29-27-44(40)50/h18-20,22,25,31,33-35,39-40,42-44H,7-17,21,23-24,26-30,32H2,1-6H3/t35-,39+,40+,42-,43+,44+,50+,51-/m1/s1. The average Bonchev–Trinajstić information content (AvgIpc) is 3.55. The summed E-state index contributed by atoms with van der Waals surface area (Å²) in [6, 6.07) is 7.58. The number of fused-ring (bicyclic) bond motifs is 5. The molecule has 5 nitrogen and oxygen atoms in total. The van der Waals surface area contributed by atoms with Crippen LogP contribution in [0, 0.1) is 58.0 Å². The van der Waals surface area contributed by atoms with Gasteiger partial charge in [0.05, 0.1) is 17.7 Å². The fraction of sp³-hybridized carbons (Fsp3) is 0.686. The van der Waals surface area contributed by atoms with Gasteiger partial charge >= 0.3 is 11.9 Å². The number of allylic oxidation sites excluding steroid dienone is 1. The van der Waals surface area contributed by atoms with Crippen molar-refractivity contribution in [1.82, 2.24) is 0 Å². The Labute approximate surface area is 348 Å². The summed E-state index contributed by atoms with van der Waals surface area (Å²) in [7, 11) is 0. The lowest BCUT2D eigenvalue weighted by atomic mass is 9.47. The third-order valence-electron chi connectivity index (χ3n) is 15.3. The summed E-state index contributed by atoms with van der Waals surface area (Å²) >= 11 is 0. The van der Waals surface area contributed by atoms with E-state index in [1.165, 1.54) is 107 Å². The van der Waals surface area contributed by atoms with Gasteiger partial charge in [0.25, 0.3) is 0 Å². The molecule has 0 saturated heterocycles. The van der Waals surface area contributed by atoms with Crippen LogP contribution in [0.3, 0.4) is 0 Å². The molecule has 0 unspecified atom stereocenters. The van der Waals surface area contributed by atoms with E-state index in [0.717, 1.165) is 80.2 Å². The molecule has 2 aromatic rings. The summed E-state index contributed by atoms with van der Waals surface area (Å²) < 4.78 is 47.0. The van der Waals surface area contributed by atoms with Gasteiger partial charge in [0.1, 0.15) is 17.7 Å². The summed E-state index contributed by atoms with van der Waals surface area (Å²) in [5.41, 5.74) is 1.75. The smallest absolute Gasteiger partial charge is 0.343 e. The lowest BCUT2D eigenvalue weighted by Gasteiger charge is -2.58. The summed E-state index contributed by atoms with van der Waals surface area (Å²) in [6.45, 7) is 14.9. The largest absolute Gasteiger partial charge is 0.491 e. The molecule has 320 valence electrons. The zero-order chi connectivity index (χ0) is 41.5. The first-order valence-electron chi connectivity index (χ1n) is 23.2. The quantitative estimate of drug-likeness (QED) is 0.0613. The first kappa shape index (κ1) is 44.3. The number of halogens is 2. The maximum atomic E-state index is 15.3. The Morgan fingerprint density at radius 3 is 2.28 bits per heavy atom. The number of esters is 2. The van der Waals surface area contributed by atoms with E-state index in [1.54, 1.807) is 0 Å². The van der Waals surface area contributed by atoms with Crippen LogP contribution in [0.2, 0.25) is 0 Å². The van der Waals surface area contributed by atoms with Gasteiger partial charge in [-0.1, -0.05) is 117 Å².